The molecule has 0 aliphatic carbocycles. The molecule has 0 aromatic carbocycles. The van der Waals surface area contributed by atoms with Crippen LogP contribution >= 0.6 is 0 Å². The van der Waals surface area contributed by atoms with E-state index >= 15 is 0 Å². The first kappa shape index (κ1) is 13.9. The van der Waals surface area contributed by atoms with Gasteiger partial charge in [0.2, 0.25) is 5.76 Å². The lowest BCUT2D eigenvalue weighted by molar-refractivity contribution is 0.0563. The van der Waals surface area contributed by atoms with Gasteiger partial charge in [-0.05, 0) is 31.2 Å². The SMILES string of the molecule is CC(C)c1cc(C(=O)N2CCCC[C@H]2c2ccn[nH]2)on1. The van der Waals surface area contributed by atoms with E-state index in [9.17, 15) is 4.79 Å². The van der Waals surface area contributed by atoms with Crippen LogP contribution in [0, 0.1) is 0 Å². The summed E-state index contributed by atoms with van der Waals surface area (Å²) >= 11 is 0. The molecule has 1 aliphatic heterocycles. The molecule has 1 N–H and O–H groups in total. The Balaban J connectivity index is 1.83. The molecule has 0 spiro atoms. The predicted molar refractivity (Wildman–Crippen MR) is 76.8 cm³/mol. The molecular weight excluding hydrogens is 268 g/mol. The van der Waals surface area contributed by atoms with Gasteiger partial charge in [-0.1, -0.05) is 19.0 Å². The highest BCUT2D eigenvalue weighted by Crippen LogP contribution is 2.31. The molecule has 3 heterocycles. The number of nitrogens with one attached hydrogen (secondary N) is 1. The van der Waals surface area contributed by atoms with E-state index in [1.807, 2.05) is 24.8 Å². The average Bonchev–Trinajstić information content (AvgIpc) is 3.18. The van der Waals surface area contributed by atoms with Gasteiger partial charge in [-0.2, -0.15) is 5.10 Å². The van der Waals surface area contributed by atoms with Crippen LogP contribution in [0.3, 0.4) is 0 Å². The summed E-state index contributed by atoms with van der Waals surface area (Å²) in [7, 11) is 0. The molecule has 0 unspecified atom stereocenters. The van der Waals surface area contributed by atoms with Crippen LogP contribution in [0.15, 0.2) is 22.9 Å². The number of hydrogen-bond acceptors (Lipinski definition) is 4. The number of hydrogen-bond donors (Lipinski definition) is 1. The van der Waals surface area contributed by atoms with Gasteiger partial charge in [-0.3, -0.25) is 9.89 Å². The molecule has 1 aliphatic rings. The lowest BCUT2D eigenvalue weighted by Gasteiger charge is -2.34. The number of carbonyl (C=O) groups excluding carboxylic acids is 1. The van der Waals surface area contributed by atoms with E-state index in [1.54, 1.807) is 12.3 Å². The van der Waals surface area contributed by atoms with Crippen molar-refractivity contribution in [2.45, 2.75) is 45.1 Å². The highest BCUT2D eigenvalue weighted by molar-refractivity contribution is 5.91. The molecule has 1 saturated heterocycles. The molecule has 0 radical (unpaired) electrons. The molecule has 2 aromatic heterocycles. The minimum absolute atomic E-state index is 0.0429. The monoisotopic (exact) mass is 288 g/mol. The molecule has 2 aromatic rings. The third kappa shape index (κ3) is 2.70. The summed E-state index contributed by atoms with van der Waals surface area (Å²) < 4.78 is 5.24. The minimum Gasteiger partial charge on any atom is -0.351 e. The maximum absolute atomic E-state index is 12.7. The average molecular weight is 288 g/mol. The van der Waals surface area contributed by atoms with Crippen LogP contribution in [-0.2, 0) is 0 Å². The maximum Gasteiger partial charge on any atom is 0.293 e. The van der Waals surface area contributed by atoms with E-state index < -0.39 is 0 Å². The number of nitrogens with zero attached hydrogens (tertiary/aromatic N) is 3. The fourth-order valence-electron chi connectivity index (χ4n) is 2.75. The molecule has 1 atom stereocenters. The van der Waals surface area contributed by atoms with Crippen molar-refractivity contribution in [3.8, 4) is 0 Å². The number of amides is 1. The van der Waals surface area contributed by atoms with Crippen molar-refractivity contribution in [1.82, 2.24) is 20.3 Å². The smallest absolute Gasteiger partial charge is 0.293 e. The summed E-state index contributed by atoms with van der Waals surface area (Å²) in [6, 6.07) is 3.73. The zero-order valence-corrected chi connectivity index (χ0v) is 12.4. The Kier molecular flexibility index (Phi) is 3.77. The fraction of sp³-hybridized carbons (Fsp3) is 0.533. The Labute approximate surface area is 123 Å². The van der Waals surface area contributed by atoms with Crippen LogP contribution < -0.4 is 0 Å². The van der Waals surface area contributed by atoms with Gasteiger partial charge in [0.15, 0.2) is 0 Å². The topological polar surface area (TPSA) is 75.0 Å². The second kappa shape index (κ2) is 5.71. The van der Waals surface area contributed by atoms with E-state index in [0.717, 1.165) is 37.2 Å². The lowest BCUT2D eigenvalue weighted by atomic mass is 9.99. The third-order valence-corrected chi connectivity index (χ3v) is 3.98. The van der Waals surface area contributed by atoms with Gasteiger partial charge in [-0.15, -0.1) is 0 Å². The highest BCUT2D eigenvalue weighted by atomic mass is 16.5. The Hall–Kier alpha value is -2.11. The van der Waals surface area contributed by atoms with Gasteiger partial charge >= 0.3 is 0 Å². The van der Waals surface area contributed by atoms with Crippen molar-refractivity contribution in [1.29, 1.82) is 0 Å². The van der Waals surface area contributed by atoms with Gasteiger partial charge < -0.3 is 9.42 Å². The molecular formula is C15H20N4O2. The second-order valence-corrected chi connectivity index (χ2v) is 5.79. The lowest BCUT2D eigenvalue weighted by Crippen LogP contribution is -2.38. The summed E-state index contributed by atoms with van der Waals surface area (Å²) in [6.45, 7) is 4.79. The largest absolute Gasteiger partial charge is 0.351 e. The molecule has 21 heavy (non-hydrogen) atoms. The van der Waals surface area contributed by atoms with Gasteiger partial charge in [0.25, 0.3) is 5.91 Å². The highest BCUT2D eigenvalue weighted by Gasteiger charge is 2.31. The summed E-state index contributed by atoms with van der Waals surface area (Å²) in [4.78, 5) is 14.6. The van der Waals surface area contributed by atoms with Crippen molar-refractivity contribution < 1.29 is 9.32 Å². The van der Waals surface area contributed by atoms with E-state index in [-0.39, 0.29) is 17.9 Å². The molecule has 1 amide bonds. The summed E-state index contributed by atoms with van der Waals surface area (Å²) in [5.74, 6) is 0.485. The van der Waals surface area contributed by atoms with Crippen LogP contribution in [0.2, 0.25) is 0 Å². The first-order valence-electron chi connectivity index (χ1n) is 7.43. The molecule has 3 rings (SSSR count). The van der Waals surface area contributed by atoms with Crippen molar-refractivity contribution >= 4 is 5.91 Å². The number of rotatable bonds is 3. The number of aromatic nitrogens is 3. The number of aromatic amines is 1. The van der Waals surface area contributed by atoms with Crippen LogP contribution in [-0.4, -0.2) is 32.7 Å². The number of carbonyl (C=O) groups is 1. The summed E-state index contributed by atoms with van der Waals surface area (Å²) in [5, 5.41) is 10.9. The standard InChI is InChI=1S/C15H20N4O2/c1-10(2)12-9-14(21-18-12)15(20)19-8-4-3-5-13(19)11-6-7-16-17-11/h6-7,9-10,13H,3-5,8H2,1-2H3,(H,16,17)/t13-/m0/s1. The zero-order valence-electron chi connectivity index (χ0n) is 12.4. The summed E-state index contributed by atoms with van der Waals surface area (Å²) in [5.41, 5.74) is 1.79. The number of likely N-dealkylation sites (tertiary alicyclic amines) is 1. The Morgan fingerprint density at radius 1 is 1.48 bits per heavy atom. The molecule has 6 heteroatoms. The van der Waals surface area contributed by atoms with Gasteiger partial charge in [-0.25, -0.2) is 0 Å². The zero-order chi connectivity index (χ0) is 14.8. The molecule has 6 nitrogen and oxygen atoms in total. The van der Waals surface area contributed by atoms with E-state index in [2.05, 4.69) is 15.4 Å². The number of piperidine rings is 1. The second-order valence-electron chi connectivity index (χ2n) is 5.79. The quantitative estimate of drug-likeness (QED) is 0.942. The van der Waals surface area contributed by atoms with Crippen LogP contribution in [0.4, 0.5) is 0 Å². The van der Waals surface area contributed by atoms with Gasteiger partial charge in [0.1, 0.15) is 0 Å². The number of H-pyrrole nitrogens is 1. The molecule has 112 valence electrons. The Morgan fingerprint density at radius 2 is 2.33 bits per heavy atom. The van der Waals surface area contributed by atoms with E-state index in [0.29, 0.717) is 5.76 Å². The Morgan fingerprint density at radius 3 is 3.00 bits per heavy atom. The van der Waals surface area contributed by atoms with Crippen LogP contribution in [0.1, 0.15) is 67.0 Å². The van der Waals surface area contributed by atoms with Crippen LogP contribution in [0.5, 0.6) is 0 Å². The first-order chi connectivity index (χ1) is 10.2. The normalized spacial score (nSPS) is 19.2. The minimum atomic E-state index is -0.0892. The maximum atomic E-state index is 12.7. The predicted octanol–water partition coefficient (Wildman–Crippen LogP) is 2.89. The molecule has 1 fully saturated rings. The summed E-state index contributed by atoms with van der Waals surface area (Å²) in [6.07, 6.45) is 4.79. The molecule has 0 saturated carbocycles. The van der Waals surface area contributed by atoms with Crippen molar-refractivity contribution in [2.75, 3.05) is 6.54 Å². The van der Waals surface area contributed by atoms with E-state index in [4.69, 9.17) is 4.52 Å². The van der Waals surface area contributed by atoms with Crippen molar-refractivity contribution in [3.63, 3.8) is 0 Å². The third-order valence-electron chi connectivity index (χ3n) is 3.98. The van der Waals surface area contributed by atoms with Gasteiger partial charge in [0.05, 0.1) is 17.4 Å². The van der Waals surface area contributed by atoms with Crippen LogP contribution in [0.25, 0.3) is 0 Å². The first-order valence-corrected chi connectivity index (χ1v) is 7.43. The van der Waals surface area contributed by atoms with E-state index in [1.165, 1.54) is 0 Å². The molecule has 0 bridgehead atoms. The fourth-order valence-corrected chi connectivity index (χ4v) is 2.75. The van der Waals surface area contributed by atoms with Crippen molar-refractivity contribution in [3.05, 3.63) is 35.5 Å². The Bertz CT molecular complexity index is 603. The van der Waals surface area contributed by atoms with Crippen molar-refractivity contribution in [2.24, 2.45) is 0 Å². The van der Waals surface area contributed by atoms with Gasteiger partial charge in [0, 0.05) is 18.8 Å².